The third-order valence-corrected chi connectivity index (χ3v) is 12.4. The van der Waals surface area contributed by atoms with Crippen molar-refractivity contribution in [3.8, 4) is 17.2 Å². The van der Waals surface area contributed by atoms with Gasteiger partial charge in [0.25, 0.3) is 17.7 Å². The minimum absolute atomic E-state index is 0.0208. The van der Waals surface area contributed by atoms with Gasteiger partial charge in [0.15, 0.2) is 0 Å². The lowest BCUT2D eigenvalue weighted by molar-refractivity contribution is -0.139. The van der Waals surface area contributed by atoms with E-state index >= 15 is 0 Å². The van der Waals surface area contributed by atoms with Crippen molar-refractivity contribution in [2.45, 2.75) is 12.7 Å². The molecule has 2 aliphatic carbocycles. The highest BCUT2D eigenvalue weighted by molar-refractivity contribution is 6.07. The Kier molecular flexibility index (Phi) is 18.1. The van der Waals surface area contributed by atoms with Gasteiger partial charge in [-0.3, -0.25) is 44.8 Å². The summed E-state index contributed by atoms with van der Waals surface area (Å²) in [5.41, 5.74) is 3.62. The molecule has 74 heavy (non-hydrogen) atoms. The summed E-state index contributed by atoms with van der Waals surface area (Å²) in [5, 5.41) is 18.2. The fourth-order valence-corrected chi connectivity index (χ4v) is 8.56. The van der Waals surface area contributed by atoms with Gasteiger partial charge in [0.1, 0.15) is 43.7 Å². The molecule has 0 radical (unpaired) electrons. The molecule has 15 nitrogen and oxygen atoms in total. The lowest BCUT2D eigenvalue weighted by atomic mass is 9.85. The van der Waals surface area contributed by atoms with Gasteiger partial charge in [0.05, 0.1) is 11.8 Å². The van der Waals surface area contributed by atoms with Gasteiger partial charge in [0, 0.05) is 40.8 Å². The number of ether oxygens (including phenoxy) is 3. The molecule has 1 saturated carbocycles. The second-order valence-corrected chi connectivity index (χ2v) is 17.3. The number of anilines is 3. The van der Waals surface area contributed by atoms with E-state index < -0.39 is 6.29 Å². The van der Waals surface area contributed by atoms with Crippen LogP contribution in [0.1, 0.15) is 37.5 Å². The molecule has 3 aliphatic rings. The van der Waals surface area contributed by atoms with Gasteiger partial charge in [-0.2, -0.15) is 0 Å². The largest absolute Gasteiger partial charge is 0.478 e. The zero-order valence-electron chi connectivity index (χ0n) is 40.6. The van der Waals surface area contributed by atoms with E-state index in [0.29, 0.717) is 62.8 Å². The predicted molar refractivity (Wildman–Crippen MR) is 284 cm³/mol. The first kappa shape index (κ1) is 51.5. The number of para-hydroxylation sites is 3. The Morgan fingerprint density at radius 3 is 0.986 bits per heavy atom. The molecule has 0 spiro atoms. The van der Waals surface area contributed by atoms with Crippen LogP contribution in [0.5, 0.6) is 17.2 Å². The smallest absolute Gasteiger partial charge is 0.255 e. The molecule has 10 rings (SSSR count). The third-order valence-electron chi connectivity index (χ3n) is 12.4. The number of carbonyl (C=O) groups excluding carboxylic acids is 5. The van der Waals surface area contributed by atoms with Crippen LogP contribution in [0.15, 0.2) is 212 Å². The van der Waals surface area contributed by atoms with Gasteiger partial charge in [-0.25, -0.2) is 0 Å². The first-order valence-corrected chi connectivity index (χ1v) is 24.2. The van der Waals surface area contributed by atoms with E-state index in [-0.39, 0.29) is 61.6 Å². The van der Waals surface area contributed by atoms with E-state index in [2.05, 4.69) is 44.1 Å². The normalized spacial score (nSPS) is 16.7. The molecule has 15 heteroatoms. The second kappa shape index (κ2) is 26.0. The molecule has 5 amide bonds. The van der Waals surface area contributed by atoms with Gasteiger partial charge in [-0.15, -0.1) is 0 Å². The average Bonchev–Trinajstić information content (AvgIpc) is 4.13. The van der Waals surface area contributed by atoms with Crippen LogP contribution in [0.4, 0.5) is 17.1 Å². The van der Waals surface area contributed by atoms with E-state index in [0.717, 1.165) is 6.42 Å². The molecule has 6 N–H and O–H groups in total. The van der Waals surface area contributed by atoms with Crippen molar-refractivity contribution < 1.29 is 38.2 Å². The maximum absolute atomic E-state index is 12.6. The quantitative estimate of drug-likeness (QED) is 0.0274. The first-order chi connectivity index (χ1) is 36.2. The van der Waals surface area contributed by atoms with Crippen molar-refractivity contribution in [2.24, 2.45) is 23.7 Å². The number of carbonyl (C=O) groups is 5. The van der Waals surface area contributed by atoms with Crippen molar-refractivity contribution in [1.82, 2.24) is 20.9 Å². The van der Waals surface area contributed by atoms with Crippen molar-refractivity contribution in [3.63, 3.8) is 0 Å². The molecule has 0 aromatic heterocycles. The van der Waals surface area contributed by atoms with Crippen LogP contribution in [0, 0.1) is 23.7 Å². The van der Waals surface area contributed by atoms with E-state index in [4.69, 9.17) is 14.2 Å². The summed E-state index contributed by atoms with van der Waals surface area (Å²) in [7, 11) is 1.60. The van der Waals surface area contributed by atoms with Crippen LogP contribution in [0.3, 0.4) is 0 Å². The van der Waals surface area contributed by atoms with Crippen LogP contribution in [0.25, 0.3) is 0 Å². The highest BCUT2D eigenvalue weighted by atomic mass is 16.5. The van der Waals surface area contributed by atoms with Crippen LogP contribution in [-0.2, 0) is 9.59 Å². The molecule has 1 saturated heterocycles. The number of nitrogens with zero attached hydrogens (tertiary/aromatic N) is 1. The van der Waals surface area contributed by atoms with E-state index in [9.17, 15) is 24.0 Å². The number of likely N-dealkylation sites (tertiary alicyclic amines) is 1. The first-order valence-electron chi connectivity index (χ1n) is 24.2. The number of hydrogen-bond acceptors (Lipinski definition) is 11. The summed E-state index contributed by atoms with van der Waals surface area (Å²) in [4.78, 5) is 62.5. The molecule has 2 fully saturated rings. The minimum Gasteiger partial charge on any atom is -0.478 e. The predicted octanol–water partition coefficient (Wildman–Crippen LogP) is 9.02. The van der Waals surface area contributed by atoms with E-state index in [1.807, 2.05) is 127 Å². The van der Waals surface area contributed by atoms with Gasteiger partial charge < -0.3 is 30.2 Å². The van der Waals surface area contributed by atoms with Gasteiger partial charge in [-0.05, 0) is 127 Å². The Morgan fingerprint density at radius 1 is 0.432 bits per heavy atom. The zero-order valence-corrected chi connectivity index (χ0v) is 40.6. The number of fused-ring (bicyclic) bond motifs is 5. The summed E-state index contributed by atoms with van der Waals surface area (Å²) in [5.74, 6) is 1.72. The lowest BCUT2D eigenvalue weighted by Crippen LogP contribution is -2.55. The maximum Gasteiger partial charge on any atom is 0.255 e. The number of benzene rings is 7. The third kappa shape index (κ3) is 14.4. The lowest BCUT2D eigenvalue weighted by Gasteiger charge is -2.22. The highest BCUT2D eigenvalue weighted by Crippen LogP contribution is 2.52. The maximum atomic E-state index is 12.6. The molecule has 7 aromatic carbocycles. The van der Waals surface area contributed by atoms with E-state index in [1.165, 1.54) is 4.90 Å². The van der Waals surface area contributed by atoms with Crippen molar-refractivity contribution >= 4 is 46.6 Å². The zero-order chi connectivity index (χ0) is 51.5. The van der Waals surface area contributed by atoms with Crippen LogP contribution in [0.2, 0.25) is 0 Å². The molecule has 1 heterocycles. The summed E-state index contributed by atoms with van der Waals surface area (Å²) in [6.45, 7) is 0.282. The summed E-state index contributed by atoms with van der Waals surface area (Å²) in [6.07, 6.45) is 4.69. The number of allylic oxidation sites excluding steroid dienone is 2. The van der Waals surface area contributed by atoms with Gasteiger partial charge in [0.2, 0.25) is 11.8 Å². The minimum atomic E-state index is -0.539. The molecule has 4 atom stereocenters. The van der Waals surface area contributed by atoms with Crippen molar-refractivity contribution in [1.29, 1.82) is 0 Å². The Bertz CT molecular complexity index is 2650. The van der Waals surface area contributed by atoms with Crippen LogP contribution >= 0.6 is 0 Å². The molecule has 1 aliphatic heterocycles. The Morgan fingerprint density at radius 2 is 0.703 bits per heavy atom. The molecular weight excluding hydrogens is 935 g/mol. The second-order valence-electron chi connectivity index (χ2n) is 17.3. The molecule has 4 unspecified atom stereocenters. The number of imide groups is 1. The molecule has 7 aromatic rings. The topological polar surface area (TPSA) is 188 Å². The average molecular weight is 992 g/mol. The molecule has 376 valence electrons. The van der Waals surface area contributed by atoms with Crippen molar-refractivity contribution in [2.75, 3.05) is 43.2 Å². The summed E-state index contributed by atoms with van der Waals surface area (Å²) in [6, 6.07) is 60.2. The number of hydrogen-bond donors (Lipinski definition) is 6. The number of nitrogens with one attached hydrogen (secondary N) is 6. The standard InChI is InChI=1S/C43H40N6O6.C10H11NO2.C6H6/c50-40(47-34-10-4-1-5-11-34)31-16-22-37(23-17-31)53-28-44-43(45-29-54-38-24-18-32(19-25-38)41(51)48-35-12-6-2-7-13-35)46-30-55-39-26-20-33(21-27-39)42(52)49-36-14-8-3-9-15-36;1-11-9(12)7-5-2-3-6(4-5)8(7)10(11)13;1-2-4-6-5-3-1/h1-27,43-46H,28-30H2,(H,47,50)(H,48,51)(H,49,52);2-3,5-8H,4H2,1H3;1-6H. The van der Waals surface area contributed by atoms with Gasteiger partial charge >= 0.3 is 0 Å². The summed E-state index contributed by atoms with van der Waals surface area (Å²) < 4.78 is 17.7. The van der Waals surface area contributed by atoms with Gasteiger partial charge in [-0.1, -0.05) is 103 Å². The van der Waals surface area contributed by atoms with Crippen LogP contribution < -0.4 is 46.1 Å². The van der Waals surface area contributed by atoms with Crippen LogP contribution in [-0.4, -0.2) is 68.0 Å². The SMILES string of the molecule is CN1C(=O)C2C3C=CC(C3)C2C1=O.O=C(Nc1ccccc1)c1ccc(OCNC(NCOc2ccc(C(=O)Nc3ccccc3)cc2)NCOc2ccc(C(=O)Nc3ccccc3)cc2)cc1.c1ccccc1. The number of rotatable bonds is 18. The molecular formula is C59H57N7O8. The van der Waals surface area contributed by atoms with E-state index in [1.54, 1.807) is 79.8 Å². The Labute approximate surface area is 429 Å². The Balaban J connectivity index is 0.000000314. The number of amides is 5. The summed E-state index contributed by atoms with van der Waals surface area (Å²) >= 11 is 0. The monoisotopic (exact) mass is 991 g/mol. The fourth-order valence-electron chi connectivity index (χ4n) is 8.56. The van der Waals surface area contributed by atoms with Crippen molar-refractivity contribution in [3.05, 3.63) is 229 Å². The highest BCUT2D eigenvalue weighted by Gasteiger charge is 2.58. The molecule has 2 bridgehead atoms. The fraction of sp³-hybridized carbons (Fsp3) is 0.169. The Hall–Kier alpha value is -8.89.